The number of carbonyl (C=O) groups excluding carboxylic acids is 1. The Morgan fingerprint density at radius 1 is 0.828 bits per heavy atom. The van der Waals surface area contributed by atoms with Crippen LogP contribution in [0.5, 0.6) is 0 Å². The van der Waals surface area contributed by atoms with E-state index in [4.69, 9.17) is 4.42 Å². The Labute approximate surface area is 163 Å². The first-order valence-electron chi connectivity index (χ1n) is 8.95. The van der Waals surface area contributed by atoms with Gasteiger partial charge in [0.05, 0.1) is 17.0 Å². The van der Waals surface area contributed by atoms with Crippen LogP contribution in [0.25, 0.3) is 11.0 Å². The topological polar surface area (TPSA) is 50.5 Å². The Morgan fingerprint density at radius 3 is 2.24 bits per heavy atom. The van der Waals surface area contributed by atoms with Crippen LogP contribution in [-0.2, 0) is 0 Å². The van der Waals surface area contributed by atoms with E-state index < -0.39 is 29.0 Å². The molecule has 29 heavy (non-hydrogen) atoms. The molecule has 1 aliphatic heterocycles. The number of anilines is 1. The van der Waals surface area contributed by atoms with E-state index in [1.807, 2.05) is 6.07 Å². The van der Waals surface area contributed by atoms with Gasteiger partial charge in [0.25, 0.3) is 5.91 Å². The van der Waals surface area contributed by atoms with Gasteiger partial charge in [-0.3, -0.25) is 14.5 Å². The Kier molecular flexibility index (Phi) is 3.81. The maximum atomic E-state index is 13.8. The third kappa shape index (κ3) is 2.64. The van der Waals surface area contributed by atoms with Crippen molar-refractivity contribution in [1.29, 1.82) is 0 Å². The van der Waals surface area contributed by atoms with Gasteiger partial charge in [0.2, 0.25) is 5.76 Å². The van der Waals surface area contributed by atoms with Crippen molar-refractivity contribution < 1.29 is 18.0 Å². The van der Waals surface area contributed by atoms with Crippen LogP contribution >= 0.6 is 0 Å². The van der Waals surface area contributed by atoms with Crippen LogP contribution in [0.15, 0.2) is 82.0 Å². The molecule has 0 saturated carbocycles. The zero-order valence-electron chi connectivity index (χ0n) is 14.9. The molecule has 0 spiro atoms. The van der Waals surface area contributed by atoms with Crippen molar-refractivity contribution in [3.63, 3.8) is 0 Å². The first-order chi connectivity index (χ1) is 14.0. The number of benzene rings is 3. The molecule has 3 aromatic carbocycles. The standard InChI is InChI=1S/C23H13F2NO3/c24-14-8-6-13(7-9-14)20-19-21(27)17-12-15(25)10-11-18(17)29-22(19)23(28)26(20)16-4-2-1-3-5-16/h1-12,20H. The Morgan fingerprint density at radius 2 is 1.52 bits per heavy atom. The predicted octanol–water partition coefficient (Wildman–Crippen LogP) is 4.82. The lowest BCUT2D eigenvalue weighted by molar-refractivity contribution is 0.0971. The highest BCUT2D eigenvalue weighted by Crippen LogP contribution is 2.41. The third-order valence-corrected chi connectivity index (χ3v) is 5.05. The van der Waals surface area contributed by atoms with Crippen LogP contribution in [0.2, 0.25) is 0 Å². The van der Waals surface area contributed by atoms with E-state index in [0.717, 1.165) is 6.07 Å². The van der Waals surface area contributed by atoms with Crippen LogP contribution in [0, 0.1) is 11.6 Å². The van der Waals surface area contributed by atoms with Gasteiger partial charge < -0.3 is 4.42 Å². The van der Waals surface area contributed by atoms with Crippen molar-refractivity contribution >= 4 is 22.6 Å². The van der Waals surface area contributed by atoms with E-state index in [-0.39, 0.29) is 22.3 Å². The summed E-state index contributed by atoms with van der Waals surface area (Å²) in [7, 11) is 0. The van der Waals surface area contributed by atoms with Crippen molar-refractivity contribution in [2.45, 2.75) is 6.04 Å². The number of rotatable bonds is 2. The van der Waals surface area contributed by atoms with Gasteiger partial charge in [-0.25, -0.2) is 8.78 Å². The fourth-order valence-electron chi connectivity index (χ4n) is 3.76. The Balaban J connectivity index is 1.83. The fraction of sp³-hybridized carbons (Fsp3) is 0.0435. The molecule has 142 valence electrons. The highest BCUT2D eigenvalue weighted by Gasteiger charge is 2.43. The highest BCUT2D eigenvalue weighted by molar-refractivity contribution is 6.10. The molecule has 4 aromatic rings. The van der Waals surface area contributed by atoms with Gasteiger partial charge in [-0.15, -0.1) is 0 Å². The molecule has 6 heteroatoms. The number of amides is 1. The molecule has 0 fully saturated rings. The monoisotopic (exact) mass is 389 g/mol. The summed E-state index contributed by atoms with van der Waals surface area (Å²) in [5, 5.41) is 0.0542. The molecule has 1 atom stereocenters. The van der Waals surface area contributed by atoms with E-state index >= 15 is 0 Å². The van der Waals surface area contributed by atoms with E-state index in [2.05, 4.69) is 0 Å². The summed E-state index contributed by atoms with van der Waals surface area (Å²) in [6, 6.07) is 17.2. The molecule has 1 unspecified atom stereocenters. The maximum absolute atomic E-state index is 13.8. The number of halogens is 2. The maximum Gasteiger partial charge on any atom is 0.295 e. The molecule has 2 heterocycles. The van der Waals surface area contributed by atoms with E-state index in [1.165, 1.54) is 41.3 Å². The summed E-state index contributed by atoms with van der Waals surface area (Å²) in [5.41, 5.74) is 0.875. The predicted molar refractivity (Wildman–Crippen MR) is 104 cm³/mol. The lowest BCUT2D eigenvalue weighted by Crippen LogP contribution is -2.29. The van der Waals surface area contributed by atoms with E-state index in [1.54, 1.807) is 24.3 Å². The summed E-state index contributed by atoms with van der Waals surface area (Å²) in [4.78, 5) is 28.0. The molecule has 1 aromatic heterocycles. The molecule has 5 rings (SSSR count). The molecule has 1 amide bonds. The number of fused-ring (bicyclic) bond motifs is 2. The van der Waals surface area contributed by atoms with Gasteiger partial charge in [0, 0.05) is 5.69 Å². The summed E-state index contributed by atoms with van der Waals surface area (Å²) < 4.78 is 33.0. The second kappa shape index (κ2) is 6.38. The van der Waals surface area contributed by atoms with Crippen molar-refractivity contribution in [2.75, 3.05) is 4.90 Å². The zero-order valence-corrected chi connectivity index (χ0v) is 14.9. The number of nitrogens with zero attached hydrogens (tertiary/aromatic N) is 1. The van der Waals surface area contributed by atoms with Gasteiger partial charge in [-0.2, -0.15) is 0 Å². The SMILES string of the molecule is O=C1c2oc3ccc(F)cc3c(=O)c2C(c2ccc(F)cc2)N1c1ccccc1. The molecule has 4 nitrogen and oxygen atoms in total. The molecule has 0 N–H and O–H groups in total. The van der Waals surface area contributed by atoms with Gasteiger partial charge >= 0.3 is 0 Å². The minimum Gasteiger partial charge on any atom is -0.450 e. The molecule has 1 aliphatic rings. The molecular weight excluding hydrogens is 376 g/mol. The van der Waals surface area contributed by atoms with Crippen LogP contribution in [0.4, 0.5) is 14.5 Å². The number of carbonyl (C=O) groups is 1. The largest absolute Gasteiger partial charge is 0.450 e. The van der Waals surface area contributed by atoms with Gasteiger partial charge in [-0.05, 0) is 48.0 Å². The number of hydrogen-bond acceptors (Lipinski definition) is 3. The minimum absolute atomic E-state index is 0.0542. The Hall–Kier alpha value is -3.80. The number of hydrogen-bond donors (Lipinski definition) is 0. The van der Waals surface area contributed by atoms with Crippen molar-refractivity contribution in [3.05, 3.63) is 112 Å². The van der Waals surface area contributed by atoms with Gasteiger partial charge in [-0.1, -0.05) is 30.3 Å². The van der Waals surface area contributed by atoms with Crippen LogP contribution in [-0.4, -0.2) is 5.91 Å². The van der Waals surface area contributed by atoms with Crippen LogP contribution in [0.1, 0.15) is 27.7 Å². The highest BCUT2D eigenvalue weighted by atomic mass is 19.1. The van der Waals surface area contributed by atoms with Gasteiger partial charge in [0.1, 0.15) is 17.2 Å². The molecule has 0 saturated heterocycles. The summed E-state index contributed by atoms with van der Waals surface area (Å²) in [6.45, 7) is 0. The van der Waals surface area contributed by atoms with E-state index in [9.17, 15) is 18.4 Å². The van der Waals surface area contributed by atoms with Crippen molar-refractivity contribution in [2.24, 2.45) is 0 Å². The molecule has 0 aliphatic carbocycles. The third-order valence-electron chi connectivity index (χ3n) is 5.05. The van der Waals surface area contributed by atoms with Crippen molar-refractivity contribution in [3.8, 4) is 0 Å². The first-order valence-corrected chi connectivity index (χ1v) is 8.95. The normalized spacial score (nSPS) is 15.7. The summed E-state index contributed by atoms with van der Waals surface area (Å²) in [6.07, 6.45) is 0. The first kappa shape index (κ1) is 17.3. The molecule has 0 bridgehead atoms. The average Bonchev–Trinajstić information content (AvgIpc) is 3.03. The summed E-state index contributed by atoms with van der Waals surface area (Å²) >= 11 is 0. The second-order valence-electron chi connectivity index (χ2n) is 6.78. The quantitative estimate of drug-likeness (QED) is 0.494. The second-order valence-corrected chi connectivity index (χ2v) is 6.78. The fourth-order valence-corrected chi connectivity index (χ4v) is 3.76. The Bertz CT molecular complexity index is 1310. The molecule has 0 radical (unpaired) electrons. The van der Waals surface area contributed by atoms with E-state index in [0.29, 0.717) is 11.3 Å². The van der Waals surface area contributed by atoms with Crippen LogP contribution in [0.3, 0.4) is 0 Å². The lowest BCUT2D eigenvalue weighted by atomic mass is 9.98. The van der Waals surface area contributed by atoms with Gasteiger partial charge in [0.15, 0.2) is 5.43 Å². The smallest absolute Gasteiger partial charge is 0.295 e. The van der Waals surface area contributed by atoms with Crippen LogP contribution < -0.4 is 10.3 Å². The minimum atomic E-state index is -0.815. The zero-order chi connectivity index (χ0) is 20.1. The van der Waals surface area contributed by atoms with Crippen molar-refractivity contribution in [1.82, 2.24) is 0 Å². The molecular formula is C23H13F2NO3. The lowest BCUT2D eigenvalue weighted by Gasteiger charge is -2.25. The summed E-state index contributed by atoms with van der Waals surface area (Å²) in [5.74, 6) is -1.58. The average molecular weight is 389 g/mol. The number of para-hydroxylation sites is 1.